The Kier molecular flexibility index (Phi) is 5.24. The molecule has 1 heterocycles. The van der Waals surface area contributed by atoms with Crippen LogP contribution in [0.25, 0.3) is 0 Å². The van der Waals surface area contributed by atoms with Gasteiger partial charge in [0.05, 0.1) is 0 Å². The van der Waals surface area contributed by atoms with Gasteiger partial charge in [0.15, 0.2) is 0 Å². The largest absolute Gasteiger partial charge is 0.338 e. The van der Waals surface area contributed by atoms with Crippen molar-refractivity contribution in [3.05, 3.63) is 22.4 Å². The van der Waals surface area contributed by atoms with Crippen molar-refractivity contribution in [2.45, 2.75) is 52.0 Å². The van der Waals surface area contributed by atoms with Gasteiger partial charge in [-0.3, -0.25) is 4.79 Å². The van der Waals surface area contributed by atoms with E-state index in [1.165, 1.54) is 31.2 Å². The number of nitrogens with zero attached hydrogens (tertiary/aromatic N) is 1. The van der Waals surface area contributed by atoms with Crippen molar-refractivity contribution in [1.29, 1.82) is 0 Å². The lowest BCUT2D eigenvalue weighted by molar-refractivity contribution is -0.132. The molecule has 0 atom stereocenters. The van der Waals surface area contributed by atoms with Gasteiger partial charge in [-0.2, -0.15) is 11.3 Å². The third-order valence-corrected chi connectivity index (χ3v) is 4.47. The second-order valence-corrected chi connectivity index (χ2v) is 6.08. The Morgan fingerprint density at radius 3 is 2.83 bits per heavy atom. The average Bonchev–Trinajstić information content (AvgIpc) is 3.01. The number of hydrogen-bond donors (Lipinski definition) is 0. The lowest BCUT2D eigenvalue weighted by atomic mass is 10.0. The molecule has 3 heteroatoms. The van der Waals surface area contributed by atoms with Crippen molar-refractivity contribution in [3.63, 3.8) is 0 Å². The molecule has 18 heavy (non-hydrogen) atoms. The smallest absolute Gasteiger partial charge is 0.223 e. The molecule has 0 aliphatic heterocycles. The fraction of sp³-hybridized carbons (Fsp3) is 0.667. The zero-order valence-corrected chi connectivity index (χ0v) is 12.0. The molecular formula is C15H23NOS. The van der Waals surface area contributed by atoms with Crippen LogP contribution in [-0.4, -0.2) is 17.4 Å². The Bertz CT molecular complexity index is 355. The van der Waals surface area contributed by atoms with Gasteiger partial charge in [-0.25, -0.2) is 0 Å². The van der Waals surface area contributed by atoms with Crippen LogP contribution in [0, 0.1) is 5.92 Å². The molecule has 0 unspecified atom stereocenters. The zero-order valence-electron chi connectivity index (χ0n) is 11.2. The number of carbonyl (C=O) groups excluding carboxylic acids is 1. The summed E-state index contributed by atoms with van der Waals surface area (Å²) in [6.45, 7) is 3.83. The van der Waals surface area contributed by atoms with Gasteiger partial charge >= 0.3 is 0 Å². The predicted octanol–water partition coefficient (Wildman–Crippen LogP) is 4.07. The quantitative estimate of drug-likeness (QED) is 0.759. The van der Waals surface area contributed by atoms with Gasteiger partial charge in [0.25, 0.3) is 0 Å². The monoisotopic (exact) mass is 265 g/mol. The first-order chi connectivity index (χ1) is 8.79. The van der Waals surface area contributed by atoms with Crippen LogP contribution in [-0.2, 0) is 11.3 Å². The maximum atomic E-state index is 12.3. The summed E-state index contributed by atoms with van der Waals surface area (Å²) in [4.78, 5) is 14.4. The molecule has 0 aromatic carbocycles. The molecular weight excluding hydrogens is 242 g/mol. The van der Waals surface area contributed by atoms with Crippen LogP contribution in [0.5, 0.6) is 0 Å². The zero-order chi connectivity index (χ0) is 12.8. The van der Waals surface area contributed by atoms with Crippen molar-refractivity contribution >= 4 is 17.2 Å². The van der Waals surface area contributed by atoms with Gasteiger partial charge in [0.1, 0.15) is 0 Å². The third kappa shape index (κ3) is 3.84. The number of rotatable bonds is 6. The van der Waals surface area contributed by atoms with Crippen LogP contribution in [0.1, 0.15) is 51.0 Å². The van der Waals surface area contributed by atoms with Crippen LogP contribution >= 0.6 is 11.3 Å². The van der Waals surface area contributed by atoms with Crippen molar-refractivity contribution in [3.8, 4) is 0 Å². The Labute approximate surface area is 114 Å². The van der Waals surface area contributed by atoms with Crippen LogP contribution < -0.4 is 0 Å². The van der Waals surface area contributed by atoms with Crippen molar-refractivity contribution in [2.24, 2.45) is 5.92 Å². The number of hydrogen-bond acceptors (Lipinski definition) is 2. The van der Waals surface area contributed by atoms with Crippen molar-refractivity contribution < 1.29 is 4.79 Å². The highest BCUT2D eigenvalue weighted by atomic mass is 32.1. The molecule has 1 aromatic heterocycles. The van der Waals surface area contributed by atoms with Crippen molar-refractivity contribution in [1.82, 2.24) is 4.90 Å². The molecule has 2 nitrogen and oxygen atoms in total. The van der Waals surface area contributed by atoms with E-state index in [2.05, 4.69) is 23.8 Å². The summed E-state index contributed by atoms with van der Waals surface area (Å²) in [5.41, 5.74) is 1.27. The fourth-order valence-corrected chi connectivity index (χ4v) is 3.42. The summed E-state index contributed by atoms with van der Waals surface area (Å²) >= 11 is 1.71. The van der Waals surface area contributed by atoms with Gasteiger partial charge in [0, 0.05) is 19.5 Å². The Hall–Kier alpha value is -0.830. The summed E-state index contributed by atoms with van der Waals surface area (Å²) in [6.07, 6.45) is 6.95. The SMILES string of the molecule is CCCN(Cc1ccsc1)C(=O)CC1CCCC1. The molecule has 0 radical (unpaired) electrons. The highest BCUT2D eigenvalue weighted by Gasteiger charge is 2.21. The topological polar surface area (TPSA) is 20.3 Å². The van der Waals surface area contributed by atoms with E-state index in [9.17, 15) is 4.79 Å². The van der Waals surface area contributed by atoms with Gasteiger partial charge < -0.3 is 4.90 Å². The molecule has 100 valence electrons. The maximum absolute atomic E-state index is 12.3. The minimum absolute atomic E-state index is 0.356. The predicted molar refractivity (Wildman–Crippen MR) is 76.6 cm³/mol. The average molecular weight is 265 g/mol. The molecule has 0 N–H and O–H groups in total. The first-order valence-corrected chi connectivity index (χ1v) is 8.02. The number of carbonyl (C=O) groups is 1. The highest BCUT2D eigenvalue weighted by Crippen LogP contribution is 2.28. The molecule has 1 fully saturated rings. The Balaban J connectivity index is 1.89. The van der Waals surface area contributed by atoms with Crippen LogP contribution in [0.15, 0.2) is 16.8 Å². The van der Waals surface area contributed by atoms with Gasteiger partial charge in [0.2, 0.25) is 5.91 Å². The Morgan fingerprint density at radius 1 is 1.44 bits per heavy atom. The Morgan fingerprint density at radius 2 is 2.22 bits per heavy atom. The molecule has 0 saturated heterocycles. The van der Waals surface area contributed by atoms with Gasteiger partial charge in [-0.05, 0) is 47.6 Å². The minimum atomic E-state index is 0.356. The molecule has 1 aromatic rings. The first-order valence-electron chi connectivity index (χ1n) is 7.08. The van der Waals surface area contributed by atoms with Crippen molar-refractivity contribution in [2.75, 3.05) is 6.54 Å². The third-order valence-electron chi connectivity index (χ3n) is 3.74. The van der Waals surface area contributed by atoms with Gasteiger partial charge in [-0.15, -0.1) is 0 Å². The second kappa shape index (κ2) is 6.93. The molecule has 1 aliphatic carbocycles. The van der Waals surface area contributed by atoms with Crippen LogP contribution in [0.2, 0.25) is 0 Å². The standard InChI is InChI=1S/C15H23NOS/c1-2-8-16(11-14-7-9-18-12-14)15(17)10-13-5-3-4-6-13/h7,9,12-13H,2-6,8,10-11H2,1H3. The molecule has 0 spiro atoms. The minimum Gasteiger partial charge on any atom is -0.338 e. The lowest BCUT2D eigenvalue weighted by Gasteiger charge is -2.23. The maximum Gasteiger partial charge on any atom is 0.223 e. The molecule has 1 aliphatic rings. The molecule has 1 saturated carbocycles. The normalized spacial score (nSPS) is 16.1. The fourth-order valence-electron chi connectivity index (χ4n) is 2.76. The second-order valence-electron chi connectivity index (χ2n) is 5.30. The summed E-state index contributed by atoms with van der Waals surface area (Å²) in [7, 11) is 0. The van der Waals surface area contributed by atoms with Gasteiger partial charge in [-0.1, -0.05) is 19.8 Å². The van der Waals surface area contributed by atoms with E-state index in [1.54, 1.807) is 11.3 Å². The van der Waals surface area contributed by atoms with E-state index < -0.39 is 0 Å². The van der Waals surface area contributed by atoms with E-state index >= 15 is 0 Å². The van der Waals surface area contributed by atoms with Crippen LogP contribution in [0.4, 0.5) is 0 Å². The van der Waals surface area contributed by atoms with E-state index in [0.29, 0.717) is 11.8 Å². The summed E-state index contributed by atoms with van der Waals surface area (Å²) in [6, 6.07) is 2.12. The summed E-state index contributed by atoms with van der Waals surface area (Å²) in [5, 5.41) is 4.23. The molecule has 1 amide bonds. The number of amides is 1. The first kappa shape index (κ1) is 13.6. The molecule has 0 bridgehead atoms. The highest BCUT2D eigenvalue weighted by molar-refractivity contribution is 7.07. The lowest BCUT2D eigenvalue weighted by Crippen LogP contribution is -2.32. The van der Waals surface area contributed by atoms with E-state index in [4.69, 9.17) is 0 Å². The summed E-state index contributed by atoms with van der Waals surface area (Å²) < 4.78 is 0. The van der Waals surface area contributed by atoms with E-state index in [1.807, 2.05) is 4.90 Å². The molecule has 2 rings (SSSR count). The summed E-state index contributed by atoms with van der Waals surface area (Å²) in [5.74, 6) is 1.01. The number of thiophene rings is 1. The van der Waals surface area contributed by atoms with Crippen LogP contribution in [0.3, 0.4) is 0 Å². The van der Waals surface area contributed by atoms with E-state index in [0.717, 1.165) is 25.9 Å². The van der Waals surface area contributed by atoms with E-state index in [-0.39, 0.29) is 0 Å².